The van der Waals surface area contributed by atoms with E-state index in [1.54, 1.807) is 0 Å². The minimum atomic E-state index is -0.580. The summed E-state index contributed by atoms with van der Waals surface area (Å²) in [5.41, 5.74) is -0.282. The Morgan fingerprint density at radius 3 is 2.56 bits per heavy atom. The monoisotopic (exact) mass is 144 g/mol. The lowest BCUT2D eigenvalue weighted by atomic mass is 9.71. The number of aliphatic carboxylic acids is 1. The number of thioether (sulfide) groups is 1. The first-order valence-corrected chi connectivity index (χ1v) is 4.13. The minimum Gasteiger partial charge on any atom is -0.481 e. The van der Waals surface area contributed by atoms with Crippen LogP contribution in [0.2, 0.25) is 0 Å². The fourth-order valence-corrected chi connectivity index (χ4v) is 3.35. The summed E-state index contributed by atoms with van der Waals surface area (Å²) in [4.78, 5) is 10.5. The Bertz CT molecular complexity index is 155. The smallest absolute Gasteiger partial charge is 0.310 e. The zero-order chi connectivity index (χ0) is 6.48. The maximum absolute atomic E-state index is 10.5. The highest BCUT2D eigenvalue weighted by Crippen LogP contribution is 2.57. The van der Waals surface area contributed by atoms with E-state index in [0.29, 0.717) is 5.25 Å². The standard InChI is InChI=1S/C6H8O2S/c7-5(8)6-1-4(2-6)9-3-6/h4H,1-3H2,(H,7,8). The average Bonchev–Trinajstić information content (AvgIpc) is 2.13. The number of carboxylic acids is 1. The topological polar surface area (TPSA) is 37.3 Å². The molecule has 0 aromatic heterocycles. The van der Waals surface area contributed by atoms with Gasteiger partial charge in [-0.2, -0.15) is 11.8 Å². The van der Waals surface area contributed by atoms with E-state index in [0.717, 1.165) is 18.6 Å². The number of fused-ring (bicyclic) bond motifs is 1. The molecule has 0 atom stereocenters. The Hall–Kier alpha value is -0.180. The molecule has 3 heteroatoms. The van der Waals surface area contributed by atoms with Crippen LogP contribution in [-0.4, -0.2) is 22.1 Å². The maximum Gasteiger partial charge on any atom is 0.310 e. The van der Waals surface area contributed by atoms with E-state index in [2.05, 4.69) is 0 Å². The van der Waals surface area contributed by atoms with Crippen molar-refractivity contribution in [2.24, 2.45) is 5.41 Å². The number of rotatable bonds is 1. The summed E-state index contributed by atoms with van der Waals surface area (Å²) >= 11 is 1.82. The first kappa shape index (κ1) is 5.59. The molecular weight excluding hydrogens is 136 g/mol. The molecule has 2 nitrogen and oxygen atoms in total. The molecule has 2 aliphatic heterocycles. The van der Waals surface area contributed by atoms with Gasteiger partial charge in [0, 0.05) is 11.0 Å². The minimum absolute atomic E-state index is 0.282. The summed E-state index contributed by atoms with van der Waals surface area (Å²) in [5.74, 6) is 0.274. The van der Waals surface area contributed by atoms with Gasteiger partial charge in [0.1, 0.15) is 0 Å². The van der Waals surface area contributed by atoms with E-state index in [-0.39, 0.29) is 5.41 Å². The second-order valence-electron chi connectivity index (χ2n) is 2.93. The lowest BCUT2D eigenvalue weighted by Gasteiger charge is -2.32. The first-order chi connectivity index (χ1) is 4.23. The van der Waals surface area contributed by atoms with Crippen molar-refractivity contribution in [2.75, 3.05) is 5.75 Å². The van der Waals surface area contributed by atoms with E-state index in [9.17, 15) is 4.79 Å². The van der Waals surface area contributed by atoms with Gasteiger partial charge in [0.15, 0.2) is 0 Å². The van der Waals surface area contributed by atoms with Crippen molar-refractivity contribution in [3.8, 4) is 0 Å². The van der Waals surface area contributed by atoms with Crippen LogP contribution < -0.4 is 0 Å². The van der Waals surface area contributed by atoms with Gasteiger partial charge >= 0.3 is 5.97 Å². The molecule has 1 aliphatic carbocycles. The molecule has 0 aromatic carbocycles. The molecule has 0 amide bonds. The summed E-state index contributed by atoms with van der Waals surface area (Å²) in [6.45, 7) is 0. The highest BCUT2D eigenvalue weighted by Gasteiger charge is 2.56. The fourth-order valence-electron chi connectivity index (χ4n) is 1.56. The Labute approximate surface area is 57.6 Å². The molecule has 0 spiro atoms. The summed E-state index contributed by atoms with van der Waals surface area (Å²) in [6, 6.07) is 0. The maximum atomic E-state index is 10.5. The lowest BCUT2D eigenvalue weighted by molar-refractivity contribution is -0.150. The van der Waals surface area contributed by atoms with Gasteiger partial charge in [-0.3, -0.25) is 4.79 Å². The van der Waals surface area contributed by atoms with E-state index < -0.39 is 5.97 Å². The summed E-state index contributed by atoms with van der Waals surface area (Å²) in [5, 5.41) is 9.38. The summed E-state index contributed by atoms with van der Waals surface area (Å²) in [6.07, 6.45) is 1.85. The van der Waals surface area contributed by atoms with Crippen LogP contribution in [0, 0.1) is 5.41 Å². The van der Waals surface area contributed by atoms with Crippen LogP contribution in [0.15, 0.2) is 0 Å². The van der Waals surface area contributed by atoms with Gasteiger partial charge in [0.2, 0.25) is 0 Å². The molecule has 50 valence electrons. The van der Waals surface area contributed by atoms with E-state index in [1.165, 1.54) is 0 Å². The molecule has 1 saturated carbocycles. The Morgan fingerprint density at radius 1 is 1.67 bits per heavy atom. The van der Waals surface area contributed by atoms with Crippen molar-refractivity contribution in [1.82, 2.24) is 0 Å². The molecule has 3 aliphatic rings. The molecular formula is C6H8O2S. The van der Waals surface area contributed by atoms with E-state index in [1.807, 2.05) is 11.8 Å². The molecule has 3 rings (SSSR count). The molecule has 0 unspecified atom stereocenters. The molecule has 2 heterocycles. The van der Waals surface area contributed by atoms with Crippen LogP contribution >= 0.6 is 11.8 Å². The second-order valence-corrected chi connectivity index (χ2v) is 4.22. The Balaban J connectivity index is 2.19. The molecule has 1 N–H and O–H groups in total. The zero-order valence-corrected chi connectivity index (χ0v) is 5.78. The van der Waals surface area contributed by atoms with Crippen molar-refractivity contribution in [3.63, 3.8) is 0 Å². The molecule has 9 heavy (non-hydrogen) atoms. The van der Waals surface area contributed by atoms with Crippen LogP contribution in [0.1, 0.15) is 12.8 Å². The fraction of sp³-hybridized carbons (Fsp3) is 0.833. The van der Waals surface area contributed by atoms with Crippen molar-refractivity contribution < 1.29 is 9.90 Å². The number of carbonyl (C=O) groups is 1. The van der Waals surface area contributed by atoms with Gasteiger partial charge in [-0.15, -0.1) is 0 Å². The third kappa shape index (κ3) is 0.556. The summed E-state index contributed by atoms with van der Waals surface area (Å²) in [7, 11) is 0. The average molecular weight is 144 g/mol. The van der Waals surface area contributed by atoms with Crippen LogP contribution in [0.3, 0.4) is 0 Å². The molecule has 3 fully saturated rings. The van der Waals surface area contributed by atoms with Gasteiger partial charge in [-0.05, 0) is 12.8 Å². The second kappa shape index (κ2) is 1.45. The number of hydrogen-bond acceptors (Lipinski definition) is 2. The molecule has 0 aromatic rings. The van der Waals surface area contributed by atoms with Gasteiger partial charge < -0.3 is 5.11 Å². The molecule has 2 bridgehead atoms. The van der Waals surface area contributed by atoms with Crippen LogP contribution in [-0.2, 0) is 4.79 Å². The highest BCUT2D eigenvalue weighted by molar-refractivity contribution is 8.00. The largest absolute Gasteiger partial charge is 0.481 e. The summed E-state index contributed by atoms with van der Waals surface area (Å²) < 4.78 is 0. The van der Waals surface area contributed by atoms with Crippen LogP contribution in [0.5, 0.6) is 0 Å². The van der Waals surface area contributed by atoms with Crippen LogP contribution in [0.4, 0.5) is 0 Å². The predicted molar refractivity (Wildman–Crippen MR) is 35.5 cm³/mol. The van der Waals surface area contributed by atoms with Crippen molar-refractivity contribution in [1.29, 1.82) is 0 Å². The van der Waals surface area contributed by atoms with Crippen molar-refractivity contribution in [3.05, 3.63) is 0 Å². The Kier molecular flexibility index (Phi) is 0.903. The SMILES string of the molecule is O=C(O)C12CSC(C1)C2. The Morgan fingerprint density at radius 2 is 2.33 bits per heavy atom. The van der Waals surface area contributed by atoms with E-state index >= 15 is 0 Å². The normalized spacial score (nSPS) is 46.4. The van der Waals surface area contributed by atoms with Gasteiger partial charge in [-0.25, -0.2) is 0 Å². The van der Waals surface area contributed by atoms with E-state index in [4.69, 9.17) is 5.11 Å². The van der Waals surface area contributed by atoms with Crippen molar-refractivity contribution in [2.45, 2.75) is 18.1 Å². The number of hydrogen-bond donors (Lipinski definition) is 1. The lowest BCUT2D eigenvalue weighted by Crippen LogP contribution is -2.39. The quantitative estimate of drug-likeness (QED) is 0.595. The third-order valence-electron chi connectivity index (χ3n) is 2.29. The predicted octanol–water partition coefficient (Wildman–Crippen LogP) is 0.967. The van der Waals surface area contributed by atoms with Gasteiger partial charge in [0.05, 0.1) is 5.41 Å². The highest BCUT2D eigenvalue weighted by atomic mass is 32.2. The van der Waals surface area contributed by atoms with Crippen LogP contribution in [0.25, 0.3) is 0 Å². The van der Waals surface area contributed by atoms with Gasteiger partial charge in [-0.1, -0.05) is 0 Å². The molecule has 0 radical (unpaired) electrons. The first-order valence-electron chi connectivity index (χ1n) is 3.08. The van der Waals surface area contributed by atoms with Gasteiger partial charge in [0.25, 0.3) is 0 Å². The molecule has 2 saturated heterocycles. The third-order valence-corrected chi connectivity index (χ3v) is 3.81. The zero-order valence-electron chi connectivity index (χ0n) is 4.96. The van der Waals surface area contributed by atoms with Crippen molar-refractivity contribution >= 4 is 17.7 Å². The number of carboxylic acid groups (broad SMARTS) is 1.